The summed E-state index contributed by atoms with van der Waals surface area (Å²) in [5, 5.41) is 81.8. The van der Waals surface area contributed by atoms with Crippen LogP contribution in [0.5, 0.6) is 0 Å². The molecule has 0 aliphatic carbocycles. The number of aliphatic hydroxyl groups excluding tert-OH is 8. The quantitative estimate of drug-likeness (QED) is 0.136. The smallest absolute Gasteiger partial charge is 0.176 e. The highest BCUT2D eigenvalue weighted by Gasteiger charge is 2.57. The van der Waals surface area contributed by atoms with Crippen molar-refractivity contribution in [2.24, 2.45) is 23.1 Å². The molecule has 3 aliphatic heterocycles. The maximum Gasteiger partial charge on any atom is 0.176 e. The fourth-order valence-electron chi connectivity index (χ4n) is 4.89. The molecule has 0 saturated carbocycles. The Balaban J connectivity index is 1.77. The first kappa shape index (κ1) is 30.9. The van der Waals surface area contributed by atoms with E-state index in [1.54, 1.807) is 13.8 Å². The van der Waals surface area contributed by atoms with Crippen molar-refractivity contribution in [3.05, 3.63) is 0 Å². The molecule has 218 valence electrons. The Labute approximate surface area is 213 Å². The fourth-order valence-corrected chi connectivity index (χ4v) is 4.89. The van der Waals surface area contributed by atoms with E-state index in [0.29, 0.717) is 0 Å². The largest absolute Gasteiger partial charge is 0.394 e. The van der Waals surface area contributed by atoms with Crippen LogP contribution in [0.15, 0.2) is 0 Å². The van der Waals surface area contributed by atoms with Crippen LogP contribution < -0.4 is 17.2 Å². The van der Waals surface area contributed by atoms with Crippen molar-refractivity contribution in [3.63, 3.8) is 0 Å². The molecular formula is C21H41N3O13. The minimum atomic E-state index is -1.64. The van der Waals surface area contributed by atoms with Crippen LogP contribution in [0.2, 0.25) is 0 Å². The van der Waals surface area contributed by atoms with Crippen molar-refractivity contribution in [1.82, 2.24) is 0 Å². The van der Waals surface area contributed by atoms with E-state index in [0.717, 1.165) is 0 Å². The molecule has 0 bridgehead atoms. The summed E-state index contributed by atoms with van der Waals surface area (Å²) in [6.45, 7) is 1.27. The molecule has 0 aromatic rings. The van der Waals surface area contributed by atoms with Gasteiger partial charge in [0.1, 0.15) is 54.4 Å². The molecule has 15 atom stereocenters. The highest BCUT2D eigenvalue weighted by atomic mass is 16.7. The van der Waals surface area contributed by atoms with Crippen molar-refractivity contribution in [2.45, 2.75) is 105 Å². The summed E-state index contributed by atoms with van der Waals surface area (Å²) < 4.78 is 28.2. The first-order chi connectivity index (χ1) is 17.3. The van der Waals surface area contributed by atoms with Crippen LogP contribution in [0.4, 0.5) is 0 Å². The van der Waals surface area contributed by atoms with Gasteiger partial charge in [-0.1, -0.05) is 13.8 Å². The maximum atomic E-state index is 11.0. The van der Waals surface area contributed by atoms with Crippen LogP contribution in [-0.2, 0) is 23.7 Å². The fraction of sp³-hybridized carbons (Fsp3) is 1.00. The van der Waals surface area contributed by atoms with E-state index in [-0.39, 0.29) is 0 Å². The molecule has 3 aliphatic rings. The average Bonchev–Trinajstić information content (AvgIpc) is 2.88. The normalized spacial score (nSPS) is 51.4. The second-order valence-electron chi connectivity index (χ2n) is 10.1. The molecule has 37 heavy (non-hydrogen) atoms. The lowest BCUT2D eigenvalue weighted by Crippen LogP contribution is -2.72. The second-order valence-corrected chi connectivity index (χ2v) is 10.1. The highest BCUT2D eigenvalue weighted by molar-refractivity contribution is 5.04. The molecular weight excluding hydrogens is 502 g/mol. The molecule has 2 unspecified atom stereocenters. The minimum Gasteiger partial charge on any atom is -0.394 e. The van der Waals surface area contributed by atoms with Crippen LogP contribution >= 0.6 is 0 Å². The zero-order valence-electron chi connectivity index (χ0n) is 20.6. The number of rotatable bonds is 8. The number of aliphatic hydroxyl groups is 8. The standard InChI is InChI=1S/C21H41N3O13/c1-6(2)21(5-27)17(31)14(30)11(24)20(37-21)36-16-8(4-26)34-19(10(23)13(16)29)35-15-7(3-25)33-18(32)9(22)12(15)28/h6-20,25-32H,3-5,22-24H2,1-2H3/t7-,8-,9-,10-,11-,12-,13-,14-,15?,16?,17+,18-,19+,20+,21+/m1/s1. The molecule has 0 aromatic carbocycles. The first-order valence-corrected chi connectivity index (χ1v) is 12.1. The summed E-state index contributed by atoms with van der Waals surface area (Å²) in [6.07, 6.45) is -15.8. The van der Waals surface area contributed by atoms with Crippen molar-refractivity contribution in [3.8, 4) is 0 Å². The van der Waals surface area contributed by atoms with Gasteiger partial charge in [0.25, 0.3) is 0 Å². The van der Waals surface area contributed by atoms with Gasteiger partial charge in [0.2, 0.25) is 0 Å². The summed E-state index contributed by atoms with van der Waals surface area (Å²) in [7, 11) is 0. The second kappa shape index (κ2) is 12.3. The van der Waals surface area contributed by atoms with Gasteiger partial charge < -0.3 is 81.7 Å². The van der Waals surface area contributed by atoms with Crippen LogP contribution in [-0.4, -0.2) is 152 Å². The number of hydrogen-bond acceptors (Lipinski definition) is 16. The van der Waals surface area contributed by atoms with E-state index in [2.05, 4.69) is 0 Å². The van der Waals surface area contributed by atoms with Crippen LogP contribution in [0, 0.1) is 5.92 Å². The number of ether oxygens (including phenoxy) is 5. The Hall–Kier alpha value is -0.640. The van der Waals surface area contributed by atoms with Crippen LogP contribution in [0.3, 0.4) is 0 Å². The summed E-state index contributed by atoms with van der Waals surface area (Å²) >= 11 is 0. The Morgan fingerprint density at radius 1 is 0.730 bits per heavy atom. The van der Waals surface area contributed by atoms with Crippen LogP contribution in [0.1, 0.15) is 13.8 Å². The highest BCUT2D eigenvalue weighted by Crippen LogP contribution is 2.37. The van der Waals surface area contributed by atoms with Gasteiger partial charge in [-0.2, -0.15) is 0 Å². The van der Waals surface area contributed by atoms with Crippen molar-refractivity contribution < 1.29 is 64.5 Å². The molecule has 16 heteroatoms. The van der Waals surface area contributed by atoms with Gasteiger partial charge in [-0.05, 0) is 5.92 Å². The average molecular weight is 544 g/mol. The summed E-state index contributed by atoms with van der Waals surface area (Å²) in [5.41, 5.74) is 16.2. The van der Waals surface area contributed by atoms with Gasteiger partial charge in [-0.25, -0.2) is 0 Å². The van der Waals surface area contributed by atoms with E-state index in [9.17, 15) is 40.9 Å². The Morgan fingerprint density at radius 3 is 1.73 bits per heavy atom. The van der Waals surface area contributed by atoms with E-state index >= 15 is 0 Å². The zero-order chi connectivity index (χ0) is 27.8. The van der Waals surface area contributed by atoms with Crippen LogP contribution in [0.25, 0.3) is 0 Å². The molecule has 3 fully saturated rings. The molecule has 0 aromatic heterocycles. The first-order valence-electron chi connectivity index (χ1n) is 12.1. The van der Waals surface area contributed by atoms with E-state index in [1.807, 2.05) is 0 Å². The molecule has 16 nitrogen and oxygen atoms in total. The Kier molecular flexibility index (Phi) is 10.2. The van der Waals surface area contributed by atoms with Crippen molar-refractivity contribution >= 4 is 0 Å². The molecule has 3 saturated heterocycles. The molecule has 0 radical (unpaired) electrons. The Bertz CT molecular complexity index is 736. The Morgan fingerprint density at radius 2 is 1.22 bits per heavy atom. The van der Waals surface area contributed by atoms with Gasteiger partial charge in [-0.15, -0.1) is 0 Å². The molecule has 3 rings (SSSR count). The predicted molar refractivity (Wildman–Crippen MR) is 121 cm³/mol. The summed E-state index contributed by atoms with van der Waals surface area (Å²) in [5.74, 6) is -0.490. The lowest BCUT2D eigenvalue weighted by atomic mass is 9.78. The van der Waals surface area contributed by atoms with Gasteiger partial charge in [0.15, 0.2) is 18.9 Å². The topological polar surface area (TPSA) is 286 Å². The van der Waals surface area contributed by atoms with Gasteiger partial charge >= 0.3 is 0 Å². The molecule has 14 N–H and O–H groups in total. The predicted octanol–water partition coefficient (Wildman–Crippen LogP) is -6.65. The minimum absolute atomic E-state index is 0.490. The summed E-state index contributed by atoms with van der Waals surface area (Å²) in [6, 6.07) is -3.93. The third-order valence-electron chi connectivity index (χ3n) is 7.50. The lowest BCUT2D eigenvalue weighted by Gasteiger charge is -2.52. The zero-order valence-corrected chi connectivity index (χ0v) is 20.6. The summed E-state index contributed by atoms with van der Waals surface area (Å²) in [4.78, 5) is 0. The maximum absolute atomic E-state index is 11.0. The van der Waals surface area contributed by atoms with E-state index < -0.39 is 117 Å². The monoisotopic (exact) mass is 543 g/mol. The number of nitrogens with two attached hydrogens (primary N) is 3. The van der Waals surface area contributed by atoms with Crippen molar-refractivity contribution in [2.75, 3.05) is 19.8 Å². The van der Waals surface area contributed by atoms with E-state index in [1.165, 1.54) is 0 Å². The van der Waals surface area contributed by atoms with E-state index in [4.69, 9.17) is 40.9 Å². The third kappa shape index (κ3) is 5.66. The number of hydrogen-bond donors (Lipinski definition) is 11. The van der Waals surface area contributed by atoms with Gasteiger partial charge in [-0.3, -0.25) is 0 Å². The molecule has 3 heterocycles. The molecule has 0 amide bonds. The van der Waals surface area contributed by atoms with Crippen molar-refractivity contribution in [1.29, 1.82) is 0 Å². The molecule has 0 spiro atoms. The SMILES string of the molecule is CC(C)[C@]1(CO)O[C@H](OC2[C@@H](CO)O[C@@H](OC3[C@@H](CO)O[C@@H](O)[C@H](N)[C@H]3O)[C@H](N)[C@H]2O)[C@H](N)[C@@H](O)[C@@H]1O. The van der Waals surface area contributed by atoms with Gasteiger partial charge in [0, 0.05) is 0 Å². The lowest BCUT2D eigenvalue weighted by molar-refractivity contribution is -0.365. The van der Waals surface area contributed by atoms with Gasteiger partial charge in [0.05, 0.1) is 37.9 Å². The third-order valence-corrected chi connectivity index (χ3v) is 7.50.